The van der Waals surface area contributed by atoms with Crippen LogP contribution in [0.5, 0.6) is 0 Å². The molecule has 4 aliphatic carbocycles. The fourth-order valence-electron chi connectivity index (χ4n) is 16.3. The van der Waals surface area contributed by atoms with Gasteiger partial charge in [-0.05, 0) is 177 Å². The average molecular weight is 1760 g/mol. The van der Waals surface area contributed by atoms with Crippen LogP contribution in [0.25, 0.3) is 0 Å². The highest BCUT2D eigenvalue weighted by Crippen LogP contribution is 2.57. The fraction of sp³-hybridized carbons (Fsp3) is 0.813. The lowest BCUT2D eigenvalue weighted by molar-refractivity contribution is -0.297. The van der Waals surface area contributed by atoms with Crippen molar-refractivity contribution in [1.82, 2.24) is 0 Å². The first-order valence-electron chi connectivity index (χ1n) is 44.2. The van der Waals surface area contributed by atoms with Gasteiger partial charge in [0, 0.05) is 125 Å². The molecule has 0 amide bonds. The minimum atomic E-state index is -3.28. The Morgan fingerprint density at radius 3 is 1.37 bits per heavy atom. The number of aliphatic hydroxyl groups is 4. The molecule has 2 heterocycles. The predicted molar refractivity (Wildman–Crippen MR) is 454 cm³/mol. The number of ketones is 5. The van der Waals surface area contributed by atoms with Crippen molar-refractivity contribution in [3.8, 4) is 0 Å². The van der Waals surface area contributed by atoms with Gasteiger partial charge < -0.3 is 48.8 Å². The number of carbonyl (C=O) groups excluding carboxylic acids is 9. The van der Waals surface area contributed by atoms with Gasteiger partial charge in [-0.25, -0.2) is 17.6 Å². The Labute approximate surface area is 720 Å². The molecule has 6 rings (SSSR count). The maximum absolute atomic E-state index is 15.2. The number of allylic oxidation sites excluding steroid dienone is 8. The zero-order valence-electron chi connectivity index (χ0n) is 73.7. The van der Waals surface area contributed by atoms with Crippen LogP contribution < -0.4 is 0 Å². The van der Waals surface area contributed by atoms with E-state index < -0.39 is 64.6 Å². The molecular weight excluding hydrogens is 1610 g/mol. The Morgan fingerprint density at radius 2 is 0.900 bits per heavy atom. The molecule has 6 aliphatic rings. The number of hydrogen-bond acceptors (Lipinski definition) is 21. The minimum Gasteiger partial charge on any atom is -0.469 e. The smallest absolute Gasteiger partial charge is 0.305 e. The summed E-state index contributed by atoms with van der Waals surface area (Å²) in [6, 6.07) is 0. The number of thiol groups is 1. The van der Waals surface area contributed by atoms with Crippen molar-refractivity contribution in [1.29, 1.82) is 0 Å². The maximum atomic E-state index is 15.2. The van der Waals surface area contributed by atoms with Crippen molar-refractivity contribution in [2.24, 2.45) is 47.3 Å². The number of fused-ring (bicyclic) bond motifs is 1. The van der Waals surface area contributed by atoms with Gasteiger partial charge in [-0.2, -0.15) is 30.2 Å². The number of rotatable bonds is 51. The van der Waals surface area contributed by atoms with Gasteiger partial charge in [0.1, 0.15) is 17.3 Å². The van der Waals surface area contributed by atoms with Crippen LogP contribution in [-0.4, -0.2) is 179 Å². The van der Waals surface area contributed by atoms with Gasteiger partial charge in [0.25, 0.3) is 5.92 Å². The van der Waals surface area contributed by atoms with Crippen molar-refractivity contribution in [2.45, 2.75) is 375 Å². The van der Waals surface area contributed by atoms with E-state index in [2.05, 4.69) is 31.6 Å². The third-order valence-corrected chi connectivity index (χ3v) is 25.8. The number of aliphatic hydroxyl groups excluding tert-OH is 3. The van der Waals surface area contributed by atoms with Gasteiger partial charge in [0.2, 0.25) is 17.4 Å². The summed E-state index contributed by atoms with van der Waals surface area (Å²) in [5.41, 5.74) is 0. The van der Waals surface area contributed by atoms with Gasteiger partial charge in [-0.15, -0.1) is 11.8 Å². The first-order chi connectivity index (χ1) is 57.0. The Balaban J connectivity index is 0.000000791. The molecule has 0 aromatic heterocycles. The molecule has 694 valence electrons. The number of alkyl halides is 8. The summed E-state index contributed by atoms with van der Waals surface area (Å²) < 4.78 is 144. The topological polar surface area (TPSA) is 290 Å². The van der Waals surface area contributed by atoms with Crippen LogP contribution in [0.4, 0.5) is 35.1 Å². The number of halogens is 8. The largest absolute Gasteiger partial charge is 0.469 e. The summed E-state index contributed by atoms with van der Waals surface area (Å²) in [5.74, 6) is -18.6. The molecular formula is C91H148F8O19S2. The summed E-state index contributed by atoms with van der Waals surface area (Å²) in [7, 11) is 6.43. The molecule has 0 spiro atoms. The predicted octanol–water partition coefficient (Wildman–Crippen LogP) is 20.3. The molecule has 120 heavy (non-hydrogen) atoms. The van der Waals surface area contributed by atoms with Crippen molar-refractivity contribution in [2.75, 3.05) is 48.8 Å². The van der Waals surface area contributed by atoms with E-state index in [9.17, 15) is 84.8 Å². The quantitative estimate of drug-likeness (QED) is 0.00944. The second-order valence-electron chi connectivity index (χ2n) is 32.1. The third kappa shape index (κ3) is 40.2. The lowest BCUT2D eigenvalue weighted by Gasteiger charge is -2.43. The van der Waals surface area contributed by atoms with E-state index in [1.807, 2.05) is 90.2 Å². The first kappa shape index (κ1) is 113. The Morgan fingerprint density at radius 1 is 0.483 bits per heavy atom. The van der Waals surface area contributed by atoms with Crippen LogP contribution in [0.1, 0.15) is 318 Å². The van der Waals surface area contributed by atoms with Crippen molar-refractivity contribution < 1.29 is 127 Å². The van der Waals surface area contributed by atoms with Crippen molar-refractivity contribution in [3.63, 3.8) is 0 Å². The van der Waals surface area contributed by atoms with E-state index in [0.717, 1.165) is 51.0 Å². The summed E-state index contributed by atoms with van der Waals surface area (Å²) in [6.07, 6.45) is 31.0. The van der Waals surface area contributed by atoms with E-state index in [1.165, 1.54) is 28.4 Å². The van der Waals surface area contributed by atoms with Crippen molar-refractivity contribution in [3.05, 3.63) is 48.6 Å². The van der Waals surface area contributed by atoms with Gasteiger partial charge in [-0.3, -0.25) is 43.2 Å². The fourth-order valence-corrected chi connectivity index (χ4v) is 18.6. The number of ether oxygens (including phenoxy) is 6. The number of Topliss-reactive ketones (excluding diaryl/α,β-unsaturated/α-hetero) is 5. The van der Waals surface area contributed by atoms with E-state index in [1.54, 1.807) is 0 Å². The number of thioether (sulfide) groups is 1. The Kier molecular flexibility index (Phi) is 57.9. The van der Waals surface area contributed by atoms with Crippen LogP contribution in [0.3, 0.4) is 0 Å². The van der Waals surface area contributed by atoms with Gasteiger partial charge in [0.15, 0.2) is 4.93 Å². The van der Waals surface area contributed by atoms with Gasteiger partial charge in [0.05, 0.1) is 53.9 Å². The highest BCUT2D eigenvalue weighted by molar-refractivity contribution is 8.01. The van der Waals surface area contributed by atoms with Crippen LogP contribution in [0.15, 0.2) is 48.6 Å². The zero-order valence-corrected chi connectivity index (χ0v) is 75.4. The summed E-state index contributed by atoms with van der Waals surface area (Å²) in [5, 5.41) is 38.2. The second-order valence-corrected chi connectivity index (χ2v) is 34.2. The number of unbranched alkanes of at least 4 members (excludes halogenated alkanes) is 10. The molecule has 5 unspecified atom stereocenters. The zero-order chi connectivity index (χ0) is 90.6. The molecule has 4 N–H and O–H groups in total. The average Bonchev–Trinajstić information content (AvgIpc) is 1.47. The summed E-state index contributed by atoms with van der Waals surface area (Å²) in [6.45, 7) is 11.8. The monoisotopic (exact) mass is 1760 g/mol. The van der Waals surface area contributed by atoms with E-state index in [0.29, 0.717) is 173 Å². The third-order valence-electron chi connectivity index (χ3n) is 23.6. The van der Waals surface area contributed by atoms with E-state index in [-0.39, 0.29) is 176 Å². The maximum Gasteiger partial charge on any atom is 0.305 e. The molecule has 29 heteroatoms. The highest BCUT2D eigenvalue weighted by atomic mass is 32.2. The molecule has 2 aliphatic heterocycles. The highest BCUT2D eigenvalue weighted by Gasteiger charge is 2.60. The molecule has 0 bridgehead atoms. The Bertz CT molecular complexity index is 3080. The number of carbonyl (C=O) groups is 9. The standard InChI is InChI=1S/C25H42F2O6.2C21H32F2O4S.C21H32F2O4.C2H6.CH4O/c1-3-4-5-10-14-24(26,27)25(32-16-17-33-25)15-13-20-19(21(28)18-22(20)29)11-8-6-7-9-12-23(30)31-2;1-3-4-12-20(22,23)21(26)13-11-16-15(17(24)14-18(16)28-21)9-7-5-6-8-10-19(25)27-2;1-3-4-13-21(22,23)19(25)12-11-16-15(17(24)14-18(16)28)9-7-5-6-8-10-20(26)27-2;1-3-4-15-21(22,23)19(25)14-12-16-11-13-18(24)17(16)9-7-5-6-8-10-20(26)27-2;2*1-2/h6,8,19-22,28-29H,3-5,7,9-18H2,1-2H3;5,7,15-16,18,26H,3-4,6,8-14H2,1-2H3;5,7,15-16,18,28H,3-4,6,8-14H2,1-2H3;5,7,16-17H,3-4,6,8-15H2,1-2H3;1-2H3;2H,1H3/b8-6-;3*7-5-;;/t19-,20?,21+,22-;15-,16-,18-,21?;15-,16?,18?;16?,17-;;/m1111../s1. The van der Waals surface area contributed by atoms with Gasteiger partial charge in [-0.1, -0.05) is 129 Å². The number of methoxy groups -OCH3 is 4. The summed E-state index contributed by atoms with van der Waals surface area (Å²) in [4.78, 5) is 103. The van der Waals surface area contributed by atoms with E-state index >= 15 is 8.78 Å². The summed E-state index contributed by atoms with van der Waals surface area (Å²) >= 11 is 5.39. The van der Waals surface area contributed by atoms with Crippen LogP contribution in [0.2, 0.25) is 0 Å². The molecule has 19 nitrogen and oxygen atoms in total. The number of hydrogen-bond donors (Lipinski definition) is 5. The minimum absolute atomic E-state index is 0.00291. The molecule has 6 fully saturated rings. The SMILES string of the molecule is CC.CCCCC(F)(F)C(=O)CCC1C(S)CC(=O)[C@@H]1C/C=C\CCCC(=O)OC.CCCCC(F)(F)C(=O)CCC1CCC(=O)[C@@H]1C/C=C\CCCC(=O)OC.CCCCC(F)(F)C1(O)CC[C@H]2[C@@H](CC(=O)[C@@H]2C/C=C\CCCC(=O)OC)S1.CCCCCCC(F)(F)C1(CCC2[C@H](O)C[C@H](O)[C@@H]2C/C=C\CCCC(=O)OC)OCCO1.CO. The number of esters is 4. The van der Waals surface area contributed by atoms with E-state index in [4.69, 9.17) is 14.6 Å². The second kappa shape index (κ2) is 61.5. The van der Waals surface area contributed by atoms with Crippen molar-refractivity contribution >= 4 is 77.2 Å². The normalized spacial score (nSPS) is 24.7. The molecule has 2 saturated heterocycles. The molecule has 0 aromatic rings. The molecule has 0 aromatic carbocycles. The first-order valence-corrected chi connectivity index (χ1v) is 45.6. The van der Waals surface area contributed by atoms with Crippen LogP contribution in [-0.2, 0) is 71.6 Å². The lowest BCUT2D eigenvalue weighted by atomic mass is 9.84. The molecule has 0 radical (unpaired) electrons. The van der Waals surface area contributed by atoms with Crippen LogP contribution in [0, 0.1) is 47.3 Å². The lowest BCUT2D eigenvalue weighted by Crippen LogP contribution is -2.50. The van der Waals surface area contributed by atoms with Crippen LogP contribution >= 0.6 is 24.4 Å². The molecule has 4 saturated carbocycles. The Hall–Kier alpha value is -4.91. The van der Waals surface area contributed by atoms with Gasteiger partial charge >= 0.3 is 41.6 Å². The molecule has 13 atom stereocenters.